The van der Waals surface area contributed by atoms with Crippen molar-refractivity contribution in [2.24, 2.45) is 0 Å². The summed E-state index contributed by atoms with van der Waals surface area (Å²) in [6.07, 6.45) is 5.54. The molecule has 1 aromatic heterocycles. The highest BCUT2D eigenvalue weighted by atomic mass is 16.5. The topological polar surface area (TPSA) is 48.7 Å². The summed E-state index contributed by atoms with van der Waals surface area (Å²) in [4.78, 5) is 13.0. The first kappa shape index (κ1) is 14.6. The Morgan fingerprint density at radius 3 is 2.70 bits per heavy atom. The molecule has 0 atom stereocenters. The van der Waals surface area contributed by atoms with Gasteiger partial charge < -0.3 is 13.9 Å². The van der Waals surface area contributed by atoms with Gasteiger partial charge in [0.05, 0.1) is 7.11 Å². The number of benzene rings is 1. The van der Waals surface area contributed by atoms with Gasteiger partial charge in [0, 0.05) is 23.6 Å². The molecule has 23 heavy (non-hydrogen) atoms. The minimum Gasteiger partial charge on any atom is -0.496 e. The van der Waals surface area contributed by atoms with Gasteiger partial charge in [-0.2, -0.15) is 0 Å². The first-order valence-electron chi connectivity index (χ1n) is 8.37. The van der Waals surface area contributed by atoms with E-state index in [-0.39, 0.29) is 11.0 Å². The quantitative estimate of drug-likeness (QED) is 0.803. The molecule has 2 aliphatic rings. The molecule has 0 radical (unpaired) electrons. The van der Waals surface area contributed by atoms with Gasteiger partial charge >= 0.3 is 0 Å². The maximum atomic E-state index is 13.0. The van der Waals surface area contributed by atoms with Crippen molar-refractivity contribution in [3.05, 3.63) is 33.2 Å². The van der Waals surface area contributed by atoms with Crippen molar-refractivity contribution in [3.63, 3.8) is 0 Å². The molecular formula is C19H22O4. The molecule has 0 amide bonds. The Morgan fingerprint density at radius 2 is 1.91 bits per heavy atom. The molecule has 0 fully saturated rings. The van der Waals surface area contributed by atoms with Crippen LogP contribution in [0.3, 0.4) is 0 Å². The highest BCUT2D eigenvalue weighted by Crippen LogP contribution is 2.42. The third-order valence-corrected chi connectivity index (χ3v) is 5.03. The van der Waals surface area contributed by atoms with Crippen LogP contribution in [0.1, 0.15) is 50.0 Å². The summed E-state index contributed by atoms with van der Waals surface area (Å²) in [5.41, 5.74) is 2.37. The monoisotopic (exact) mass is 314 g/mol. The molecule has 1 aliphatic heterocycles. The van der Waals surface area contributed by atoms with Crippen LogP contribution in [0.15, 0.2) is 15.3 Å². The SMILES string of the molecule is COc1cc2c(c3oc4c(c(=O)c13)CCCC4)CCC(C)(C)O2. The van der Waals surface area contributed by atoms with E-state index in [1.807, 2.05) is 6.07 Å². The van der Waals surface area contributed by atoms with Crippen LogP contribution in [0.2, 0.25) is 0 Å². The predicted molar refractivity (Wildman–Crippen MR) is 88.7 cm³/mol. The number of rotatable bonds is 1. The van der Waals surface area contributed by atoms with Crippen molar-refractivity contribution in [2.45, 2.75) is 58.0 Å². The van der Waals surface area contributed by atoms with Crippen molar-refractivity contribution in [2.75, 3.05) is 7.11 Å². The summed E-state index contributed by atoms with van der Waals surface area (Å²) < 4.78 is 17.8. The van der Waals surface area contributed by atoms with Gasteiger partial charge in [-0.1, -0.05) is 0 Å². The summed E-state index contributed by atoms with van der Waals surface area (Å²) in [6.45, 7) is 4.16. The fourth-order valence-electron chi connectivity index (χ4n) is 3.75. The first-order chi connectivity index (χ1) is 11.0. The number of aryl methyl sites for hydroxylation is 2. The van der Waals surface area contributed by atoms with Crippen LogP contribution in [0.4, 0.5) is 0 Å². The molecule has 2 heterocycles. The maximum Gasteiger partial charge on any atom is 0.199 e. The zero-order valence-corrected chi connectivity index (χ0v) is 14.0. The Kier molecular flexibility index (Phi) is 3.19. The third-order valence-electron chi connectivity index (χ3n) is 5.03. The molecule has 0 bridgehead atoms. The van der Waals surface area contributed by atoms with Crippen LogP contribution in [-0.4, -0.2) is 12.7 Å². The van der Waals surface area contributed by atoms with Crippen molar-refractivity contribution in [1.29, 1.82) is 0 Å². The molecule has 2 aromatic rings. The van der Waals surface area contributed by atoms with Crippen molar-refractivity contribution in [1.82, 2.24) is 0 Å². The summed E-state index contributed by atoms with van der Waals surface area (Å²) in [6, 6.07) is 1.85. The van der Waals surface area contributed by atoms with Gasteiger partial charge in [0.2, 0.25) is 0 Å². The number of hydrogen-bond donors (Lipinski definition) is 0. The molecule has 4 heteroatoms. The normalized spacial score (nSPS) is 18.9. The molecule has 4 nitrogen and oxygen atoms in total. The second-order valence-electron chi connectivity index (χ2n) is 7.16. The van der Waals surface area contributed by atoms with Crippen LogP contribution in [0.5, 0.6) is 11.5 Å². The summed E-state index contributed by atoms with van der Waals surface area (Å²) in [7, 11) is 1.59. The van der Waals surface area contributed by atoms with Crippen LogP contribution < -0.4 is 14.9 Å². The Balaban J connectivity index is 2.06. The van der Waals surface area contributed by atoms with Gasteiger partial charge in [0.1, 0.15) is 33.8 Å². The predicted octanol–water partition coefficient (Wildman–Crippen LogP) is 3.78. The molecule has 1 aromatic carbocycles. The number of fused-ring (bicyclic) bond motifs is 4. The molecule has 0 saturated heterocycles. The highest BCUT2D eigenvalue weighted by molar-refractivity contribution is 5.89. The van der Waals surface area contributed by atoms with Gasteiger partial charge in [-0.25, -0.2) is 0 Å². The molecule has 4 rings (SSSR count). The highest BCUT2D eigenvalue weighted by Gasteiger charge is 2.31. The van der Waals surface area contributed by atoms with Crippen LogP contribution in [0, 0.1) is 0 Å². The molecule has 0 N–H and O–H groups in total. The molecular weight excluding hydrogens is 292 g/mol. The van der Waals surface area contributed by atoms with Crippen molar-refractivity contribution < 1.29 is 13.9 Å². The van der Waals surface area contributed by atoms with Crippen LogP contribution in [-0.2, 0) is 19.3 Å². The van der Waals surface area contributed by atoms with Gasteiger partial charge in [-0.3, -0.25) is 4.79 Å². The average molecular weight is 314 g/mol. The number of methoxy groups -OCH3 is 1. The lowest BCUT2D eigenvalue weighted by atomic mass is 9.91. The van der Waals surface area contributed by atoms with E-state index in [1.54, 1.807) is 7.11 Å². The third kappa shape index (κ3) is 2.23. The fourth-order valence-corrected chi connectivity index (χ4v) is 3.75. The maximum absolute atomic E-state index is 13.0. The van der Waals surface area contributed by atoms with Crippen LogP contribution >= 0.6 is 0 Å². The molecule has 0 saturated carbocycles. The Morgan fingerprint density at radius 1 is 1.13 bits per heavy atom. The van der Waals surface area contributed by atoms with E-state index in [9.17, 15) is 4.79 Å². The lowest BCUT2D eigenvalue weighted by Crippen LogP contribution is -2.33. The number of ether oxygens (including phenoxy) is 2. The lowest BCUT2D eigenvalue weighted by molar-refractivity contribution is 0.0845. The average Bonchev–Trinajstić information content (AvgIpc) is 2.53. The van der Waals surface area contributed by atoms with Crippen LogP contribution in [0.25, 0.3) is 11.0 Å². The second kappa shape index (κ2) is 5.02. The van der Waals surface area contributed by atoms with E-state index in [4.69, 9.17) is 13.9 Å². The largest absolute Gasteiger partial charge is 0.496 e. The first-order valence-corrected chi connectivity index (χ1v) is 8.37. The van der Waals surface area contributed by atoms with Gasteiger partial charge in [0.25, 0.3) is 0 Å². The Hall–Kier alpha value is -1.97. The molecule has 122 valence electrons. The lowest BCUT2D eigenvalue weighted by Gasteiger charge is -2.33. The van der Waals surface area contributed by atoms with Gasteiger partial charge in [-0.15, -0.1) is 0 Å². The second-order valence-corrected chi connectivity index (χ2v) is 7.16. The molecule has 0 spiro atoms. The van der Waals surface area contributed by atoms with E-state index in [0.29, 0.717) is 16.7 Å². The van der Waals surface area contributed by atoms with E-state index in [1.165, 1.54) is 0 Å². The summed E-state index contributed by atoms with van der Waals surface area (Å²) in [5.74, 6) is 2.19. The molecule has 1 aliphatic carbocycles. The standard InChI is InChI=1S/C19H22O4/c1-19(2)9-8-12-14(23-19)10-15(21-3)16-17(20)11-6-4-5-7-13(11)22-18(12)16/h10H,4-9H2,1-3H3. The van der Waals surface area contributed by atoms with Crippen molar-refractivity contribution >= 4 is 11.0 Å². The zero-order valence-electron chi connectivity index (χ0n) is 14.0. The van der Waals surface area contributed by atoms with E-state index >= 15 is 0 Å². The van der Waals surface area contributed by atoms with E-state index in [0.717, 1.165) is 61.2 Å². The fraction of sp³-hybridized carbons (Fsp3) is 0.526. The Labute approximate surface area is 135 Å². The minimum absolute atomic E-state index is 0.0745. The van der Waals surface area contributed by atoms with E-state index in [2.05, 4.69) is 13.8 Å². The summed E-state index contributed by atoms with van der Waals surface area (Å²) >= 11 is 0. The molecule has 0 unspecified atom stereocenters. The van der Waals surface area contributed by atoms with Gasteiger partial charge in [-0.05, 0) is 46.0 Å². The minimum atomic E-state index is -0.208. The Bertz CT molecular complexity index is 845. The van der Waals surface area contributed by atoms with E-state index < -0.39 is 0 Å². The van der Waals surface area contributed by atoms with Crippen molar-refractivity contribution in [3.8, 4) is 11.5 Å². The number of hydrogen-bond acceptors (Lipinski definition) is 4. The summed E-state index contributed by atoms with van der Waals surface area (Å²) in [5, 5.41) is 0.579. The zero-order chi connectivity index (χ0) is 16.2. The van der Waals surface area contributed by atoms with Gasteiger partial charge in [0.15, 0.2) is 5.43 Å². The smallest absolute Gasteiger partial charge is 0.199 e.